The minimum atomic E-state index is -3.56. The molecule has 0 aliphatic rings. The number of sulfonamides is 1. The van der Waals surface area contributed by atoms with E-state index in [2.05, 4.69) is 14.9 Å². The van der Waals surface area contributed by atoms with Crippen molar-refractivity contribution in [2.24, 2.45) is 0 Å². The fourth-order valence-corrected chi connectivity index (χ4v) is 2.30. The summed E-state index contributed by atoms with van der Waals surface area (Å²) in [5.41, 5.74) is 5.43. The first-order valence-corrected chi connectivity index (χ1v) is 6.92. The van der Waals surface area contributed by atoms with E-state index >= 15 is 0 Å². The number of aromatic nitrogens is 2. The predicted molar refractivity (Wildman–Crippen MR) is 63.9 cm³/mol. The lowest BCUT2D eigenvalue weighted by atomic mass is 10.4. The number of nitrogen functional groups attached to an aromatic ring is 1. The molecule has 0 radical (unpaired) electrons. The van der Waals surface area contributed by atoms with Crippen molar-refractivity contribution >= 4 is 15.8 Å². The van der Waals surface area contributed by atoms with Gasteiger partial charge in [0, 0.05) is 19.8 Å². The van der Waals surface area contributed by atoms with Gasteiger partial charge in [0.2, 0.25) is 10.0 Å². The average Bonchev–Trinajstić information content (AvgIpc) is 2.70. The van der Waals surface area contributed by atoms with Crippen molar-refractivity contribution in [3.8, 4) is 0 Å². The molecule has 0 saturated carbocycles. The largest absolute Gasteiger partial charge is 0.383 e. The van der Waals surface area contributed by atoms with Gasteiger partial charge in [-0.05, 0) is 12.8 Å². The average molecular weight is 262 g/mol. The number of nitrogens with zero attached hydrogens (tertiary/aromatic N) is 1. The van der Waals surface area contributed by atoms with Crippen molar-refractivity contribution in [3.63, 3.8) is 0 Å². The third kappa shape index (κ3) is 4.33. The number of hydrogen-bond donors (Lipinski definition) is 3. The maximum absolute atomic E-state index is 11.7. The zero-order valence-corrected chi connectivity index (χ0v) is 10.6. The molecule has 0 fully saturated rings. The predicted octanol–water partition coefficient (Wildman–Crippen LogP) is 0.0869. The Hall–Kier alpha value is -1.12. The molecule has 0 unspecified atom stereocenters. The number of nitrogens with one attached hydrogen (secondary N) is 2. The van der Waals surface area contributed by atoms with Crippen molar-refractivity contribution in [3.05, 3.63) is 6.20 Å². The van der Waals surface area contributed by atoms with E-state index in [0.717, 1.165) is 6.42 Å². The summed E-state index contributed by atoms with van der Waals surface area (Å²) < 4.78 is 31.1. The van der Waals surface area contributed by atoms with Crippen LogP contribution in [0.3, 0.4) is 0 Å². The Morgan fingerprint density at radius 2 is 2.29 bits per heavy atom. The monoisotopic (exact) mass is 262 g/mol. The van der Waals surface area contributed by atoms with E-state index in [9.17, 15) is 8.42 Å². The first-order chi connectivity index (χ1) is 8.08. The summed E-state index contributed by atoms with van der Waals surface area (Å²) in [6.45, 7) is 3.57. The van der Waals surface area contributed by atoms with E-state index in [0.29, 0.717) is 26.2 Å². The molecule has 98 valence electrons. The van der Waals surface area contributed by atoms with Crippen LogP contribution in [-0.4, -0.2) is 38.4 Å². The van der Waals surface area contributed by atoms with Gasteiger partial charge < -0.3 is 10.5 Å². The second kappa shape index (κ2) is 6.58. The highest BCUT2D eigenvalue weighted by Crippen LogP contribution is 2.13. The Balaban J connectivity index is 2.34. The first-order valence-electron chi connectivity index (χ1n) is 5.44. The summed E-state index contributed by atoms with van der Waals surface area (Å²) in [6, 6.07) is 0. The topological polar surface area (TPSA) is 110 Å². The highest BCUT2D eigenvalue weighted by Gasteiger charge is 2.18. The smallest absolute Gasteiger partial charge is 0.245 e. The van der Waals surface area contributed by atoms with Gasteiger partial charge in [0.15, 0.2) is 0 Å². The zero-order chi connectivity index (χ0) is 12.7. The van der Waals surface area contributed by atoms with Gasteiger partial charge in [-0.1, -0.05) is 6.92 Å². The number of H-pyrrole nitrogens is 1. The van der Waals surface area contributed by atoms with Gasteiger partial charge in [0.1, 0.15) is 10.7 Å². The van der Waals surface area contributed by atoms with Gasteiger partial charge in [0.25, 0.3) is 0 Å². The fraction of sp³-hybridized carbons (Fsp3) is 0.667. The summed E-state index contributed by atoms with van der Waals surface area (Å²) in [4.78, 5) is -0.0213. The van der Waals surface area contributed by atoms with E-state index in [4.69, 9.17) is 10.5 Å². The van der Waals surface area contributed by atoms with Crippen LogP contribution in [-0.2, 0) is 14.8 Å². The quantitative estimate of drug-likeness (QED) is 0.575. The van der Waals surface area contributed by atoms with E-state index in [1.807, 2.05) is 6.92 Å². The Kier molecular flexibility index (Phi) is 5.39. The number of ether oxygens (including phenoxy) is 1. The van der Waals surface area contributed by atoms with Crippen LogP contribution in [0.4, 0.5) is 5.82 Å². The molecule has 0 aromatic carbocycles. The number of nitrogens with two attached hydrogens (primary N) is 1. The van der Waals surface area contributed by atoms with Crippen LogP contribution in [0.25, 0.3) is 0 Å². The second-order valence-corrected chi connectivity index (χ2v) is 5.25. The van der Waals surface area contributed by atoms with Crippen molar-refractivity contribution in [2.75, 3.05) is 25.5 Å². The van der Waals surface area contributed by atoms with Gasteiger partial charge in [-0.15, -0.1) is 0 Å². The van der Waals surface area contributed by atoms with Gasteiger partial charge in [-0.3, -0.25) is 5.10 Å². The van der Waals surface area contributed by atoms with Crippen LogP contribution in [0, 0.1) is 0 Å². The summed E-state index contributed by atoms with van der Waals surface area (Å²) in [5.74, 6) is 0.0414. The van der Waals surface area contributed by atoms with Crippen molar-refractivity contribution < 1.29 is 13.2 Å². The minimum Gasteiger partial charge on any atom is -0.383 e. The van der Waals surface area contributed by atoms with Crippen LogP contribution >= 0.6 is 0 Å². The first kappa shape index (κ1) is 13.9. The molecule has 0 atom stereocenters. The van der Waals surface area contributed by atoms with Crippen LogP contribution in [0.2, 0.25) is 0 Å². The Morgan fingerprint density at radius 1 is 1.53 bits per heavy atom. The second-order valence-electron chi connectivity index (χ2n) is 3.51. The van der Waals surface area contributed by atoms with Crippen LogP contribution in [0.15, 0.2) is 11.1 Å². The zero-order valence-electron chi connectivity index (χ0n) is 9.77. The molecular weight excluding hydrogens is 244 g/mol. The van der Waals surface area contributed by atoms with Crippen LogP contribution in [0.1, 0.15) is 19.8 Å². The Morgan fingerprint density at radius 3 is 2.88 bits per heavy atom. The van der Waals surface area contributed by atoms with Gasteiger partial charge in [0.05, 0.1) is 6.20 Å². The SMILES string of the molecule is CCCOCCCNS(=O)(=O)c1cn[nH]c1N. The number of anilines is 1. The van der Waals surface area contributed by atoms with Crippen molar-refractivity contribution in [1.29, 1.82) is 0 Å². The van der Waals surface area contributed by atoms with Gasteiger partial charge in [-0.2, -0.15) is 5.10 Å². The molecular formula is C9H18N4O3S. The van der Waals surface area contributed by atoms with Gasteiger partial charge >= 0.3 is 0 Å². The Bertz CT molecular complexity index is 429. The third-order valence-electron chi connectivity index (χ3n) is 2.03. The standard InChI is InChI=1S/C9H18N4O3S/c1-2-5-16-6-3-4-12-17(14,15)8-7-11-13-9(8)10/h7,12H,2-6H2,1H3,(H3,10,11,13). The molecule has 0 spiro atoms. The molecule has 1 aromatic heterocycles. The molecule has 0 aliphatic carbocycles. The van der Waals surface area contributed by atoms with E-state index in [1.54, 1.807) is 0 Å². The summed E-state index contributed by atoms with van der Waals surface area (Å²) in [6.07, 6.45) is 2.76. The molecule has 0 bridgehead atoms. The lowest BCUT2D eigenvalue weighted by molar-refractivity contribution is 0.133. The number of rotatable bonds is 8. The fourth-order valence-electron chi connectivity index (χ4n) is 1.20. The normalized spacial score (nSPS) is 11.8. The molecule has 1 aromatic rings. The van der Waals surface area contributed by atoms with Crippen LogP contribution in [0.5, 0.6) is 0 Å². The minimum absolute atomic E-state index is 0.0213. The summed E-state index contributed by atoms with van der Waals surface area (Å²) >= 11 is 0. The Labute approximate surface area is 101 Å². The van der Waals surface area contributed by atoms with Crippen LogP contribution < -0.4 is 10.5 Å². The molecule has 0 aliphatic heterocycles. The molecule has 17 heavy (non-hydrogen) atoms. The molecule has 7 nitrogen and oxygen atoms in total. The van der Waals surface area contributed by atoms with E-state index < -0.39 is 10.0 Å². The molecule has 0 saturated heterocycles. The van der Waals surface area contributed by atoms with Gasteiger partial charge in [-0.25, -0.2) is 13.1 Å². The summed E-state index contributed by atoms with van der Waals surface area (Å²) in [7, 11) is -3.56. The molecule has 0 amide bonds. The number of hydrogen-bond acceptors (Lipinski definition) is 5. The molecule has 4 N–H and O–H groups in total. The summed E-state index contributed by atoms with van der Waals surface area (Å²) in [5, 5.41) is 5.94. The molecule has 8 heteroatoms. The van der Waals surface area contributed by atoms with E-state index in [1.165, 1.54) is 6.20 Å². The maximum atomic E-state index is 11.7. The van der Waals surface area contributed by atoms with Crippen molar-refractivity contribution in [1.82, 2.24) is 14.9 Å². The lowest BCUT2D eigenvalue weighted by Gasteiger charge is -2.05. The maximum Gasteiger partial charge on any atom is 0.245 e. The molecule has 1 heterocycles. The lowest BCUT2D eigenvalue weighted by Crippen LogP contribution is -2.26. The number of aromatic amines is 1. The third-order valence-corrected chi connectivity index (χ3v) is 3.52. The highest BCUT2D eigenvalue weighted by molar-refractivity contribution is 7.89. The highest BCUT2D eigenvalue weighted by atomic mass is 32.2. The molecule has 1 rings (SSSR count). The van der Waals surface area contributed by atoms with E-state index in [-0.39, 0.29) is 10.7 Å². The van der Waals surface area contributed by atoms with Crippen molar-refractivity contribution in [2.45, 2.75) is 24.7 Å².